The summed E-state index contributed by atoms with van der Waals surface area (Å²) < 4.78 is 0. The molecule has 1 saturated heterocycles. The Labute approximate surface area is 96.3 Å². The van der Waals surface area contributed by atoms with Crippen molar-refractivity contribution in [3.8, 4) is 0 Å². The molecule has 86 valence electrons. The Morgan fingerprint density at radius 1 is 1.50 bits per heavy atom. The topological polar surface area (TPSA) is 42.0 Å². The van der Waals surface area contributed by atoms with E-state index in [0.29, 0.717) is 12.3 Å². The first-order chi connectivity index (χ1) is 7.66. The minimum absolute atomic E-state index is 0.154. The van der Waals surface area contributed by atoms with Crippen molar-refractivity contribution in [2.24, 2.45) is 5.92 Å². The van der Waals surface area contributed by atoms with Gasteiger partial charge in [-0.2, -0.15) is 0 Å². The molecule has 1 fully saturated rings. The van der Waals surface area contributed by atoms with Gasteiger partial charge in [0.15, 0.2) is 0 Å². The Hall–Kier alpha value is -1.38. The van der Waals surface area contributed by atoms with E-state index in [-0.39, 0.29) is 17.9 Å². The second-order valence-electron chi connectivity index (χ2n) is 4.87. The smallest absolute Gasteiger partial charge is 0.220 e. The van der Waals surface area contributed by atoms with Gasteiger partial charge in [-0.25, -0.2) is 0 Å². The summed E-state index contributed by atoms with van der Waals surface area (Å²) in [5, 5.41) is 3.05. The highest BCUT2D eigenvalue weighted by Gasteiger charge is 2.34. The lowest BCUT2D eigenvalue weighted by atomic mass is 9.90. The number of carbonyl (C=O) groups excluding carboxylic acids is 1. The number of amides is 1. The maximum absolute atomic E-state index is 11.5. The van der Waals surface area contributed by atoms with Gasteiger partial charge in [-0.3, -0.25) is 9.78 Å². The van der Waals surface area contributed by atoms with Gasteiger partial charge in [0, 0.05) is 30.3 Å². The maximum Gasteiger partial charge on any atom is 0.220 e. The van der Waals surface area contributed by atoms with Crippen LogP contribution in [0.1, 0.15) is 38.3 Å². The molecule has 1 aromatic heterocycles. The molecule has 2 unspecified atom stereocenters. The minimum atomic E-state index is 0.154. The second kappa shape index (κ2) is 4.64. The molecule has 0 aromatic carbocycles. The zero-order valence-corrected chi connectivity index (χ0v) is 9.81. The summed E-state index contributed by atoms with van der Waals surface area (Å²) >= 11 is 0. The lowest BCUT2D eigenvalue weighted by Crippen LogP contribution is -2.29. The Morgan fingerprint density at radius 3 is 2.94 bits per heavy atom. The lowest BCUT2D eigenvalue weighted by molar-refractivity contribution is -0.119. The van der Waals surface area contributed by atoms with Crippen molar-refractivity contribution in [2.45, 2.75) is 38.6 Å². The fourth-order valence-corrected chi connectivity index (χ4v) is 2.35. The zero-order valence-electron chi connectivity index (χ0n) is 9.81. The summed E-state index contributed by atoms with van der Waals surface area (Å²) in [6.45, 7) is 4.36. The fourth-order valence-electron chi connectivity index (χ4n) is 2.35. The first kappa shape index (κ1) is 11.1. The molecule has 1 aromatic rings. The monoisotopic (exact) mass is 218 g/mol. The van der Waals surface area contributed by atoms with Gasteiger partial charge in [-0.1, -0.05) is 19.9 Å². The molecule has 0 spiro atoms. The van der Waals surface area contributed by atoms with Crippen molar-refractivity contribution >= 4 is 5.91 Å². The summed E-state index contributed by atoms with van der Waals surface area (Å²) in [6, 6.07) is 6.16. The maximum atomic E-state index is 11.5. The molecule has 0 radical (unpaired) electrons. The van der Waals surface area contributed by atoms with Crippen LogP contribution in [0.4, 0.5) is 0 Å². The van der Waals surface area contributed by atoms with E-state index in [9.17, 15) is 4.79 Å². The van der Waals surface area contributed by atoms with Crippen molar-refractivity contribution in [3.63, 3.8) is 0 Å². The molecule has 2 heterocycles. The molecule has 2 atom stereocenters. The van der Waals surface area contributed by atoms with Gasteiger partial charge in [0.2, 0.25) is 5.91 Å². The van der Waals surface area contributed by atoms with E-state index >= 15 is 0 Å². The van der Waals surface area contributed by atoms with Crippen molar-refractivity contribution in [2.75, 3.05) is 0 Å². The van der Waals surface area contributed by atoms with Crippen molar-refractivity contribution in [3.05, 3.63) is 30.1 Å². The van der Waals surface area contributed by atoms with Crippen LogP contribution in [0.5, 0.6) is 0 Å². The van der Waals surface area contributed by atoms with E-state index in [1.54, 1.807) is 6.20 Å². The third kappa shape index (κ3) is 2.40. The summed E-state index contributed by atoms with van der Waals surface area (Å²) in [5.41, 5.74) is 1.03. The van der Waals surface area contributed by atoms with E-state index in [4.69, 9.17) is 0 Å². The molecule has 1 aliphatic rings. The van der Waals surface area contributed by atoms with Gasteiger partial charge >= 0.3 is 0 Å². The Morgan fingerprint density at radius 2 is 2.31 bits per heavy atom. The summed E-state index contributed by atoms with van der Waals surface area (Å²) in [6.07, 6.45) is 3.39. The van der Waals surface area contributed by atoms with Gasteiger partial charge in [-0.05, 0) is 24.5 Å². The van der Waals surface area contributed by atoms with Crippen LogP contribution in [0.15, 0.2) is 24.4 Å². The normalized spacial score (nSPS) is 24.8. The van der Waals surface area contributed by atoms with Crippen LogP contribution >= 0.6 is 0 Å². The number of hydrogen-bond acceptors (Lipinski definition) is 2. The average Bonchev–Trinajstić information content (AvgIpc) is 2.60. The van der Waals surface area contributed by atoms with Gasteiger partial charge in [0.1, 0.15) is 0 Å². The standard InChI is InChI=1S/C13H18N2O/c1-9(2)7-12-10(8-13(16)15-12)11-5-3-4-6-14-11/h3-6,9-10,12H,7-8H2,1-2H3,(H,15,16). The van der Waals surface area contributed by atoms with E-state index in [0.717, 1.165) is 12.1 Å². The van der Waals surface area contributed by atoms with Crippen LogP contribution in [-0.2, 0) is 4.79 Å². The molecule has 0 bridgehead atoms. The van der Waals surface area contributed by atoms with Crippen molar-refractivity contribution in [1.82, 2.24) is 10.3 Å². The summed E-state index contributed by atoms with van der Waals surface area (Å²) in [4.78, 5) is 15.8. The SMILES string of the molecule is CC(C)CC1NC(=O)CC1c1ccccn1. The van der Waals surface area contributed by atoms with E-state index in [2.05, 4.69) is 24.1 Å². The van der Waals surface area contributed by atoms with Crippen LogP contribution in [-0.4, -0.2) is 16.9 Å². The van der Waals surface area contributed by atoms with Gasteiger partial charge < -0.3 is 5.32 Å². The summed E-state index contributed by atoms with van der Waals surface area (Å²) in [7, 11) is 0. The van der Waals surface area contributed by atoms with Crippen LogP contribution in [0.2, 0.25) is 0 Å². The molecule has 0 saturated carbocycles. The first-order valence-corrected chi connectivity index (χ1v) is 5.87. The molecule has 3 nitrogen and oxygen atoms in total. The van der Waals surface area contributed by atoms with Crippen LogP contribution in [0.25, 0.3) is 0 Å². The molecule has 2 rings (SSSR count). The number of pyridine rings is 1. The third-order valence-electron chi connectivity index (χ3n) is 3.03. The number of rotatable bonds is 3. The number of carbonyl (C=O) groups is 1. The first-order valence-electron chi connectivity index (χ1n) is 5.87. The van der Waals surface area contributed by atoms with Crippen molar-refractivity contribution < 1.29 is 4.79 Å². The predicted molar refractivity (Wildman–Crippen MR) is 63.0 cm³/mol. The number of hydrogen-bond donors (Lipinski definition) is 1. The Balaban J connectivity index is 2.16. The fraction of sp³-hybridized carbons (Fsp3) is 0.538. The molecule has 16 heavy (non-hydrogen) atoms. The number of aromatic nitrogens is 1. The highest BCUT2D eigenvalue weighted by molar-refractivity contribution is 5.80. The van der Waals surface area contributed by atoms with E-state index < -0.39 is 0 Å². The molecular weight excluding hydrogens is 200 g/mol. The number of nitrogens with one attached hydrogen (secondary N) is 1. The highest BCUT2D eigenvalue weighted by atomic mass is 16.2. The van der Waals surface area contributed by atoms with Crippen LogP contribution < -0.4 is 5.32 Å². The molecule has 1 N–H and O–H groups in total. The van der Waals surface area contributed by atoms with Gasteiger partial charge in [0.25, 0.3) is 0 Å². The molecular formula is C13H18N2O. The largest absolute Gasteiger partial charge is 0.353 e. The Bertz CT molecular complexity index is 361. The number of nitrogens with zero attached hydrogens (tertiary/aromatic N) is 1. The summed E-state index contributed by atoms with van der Waals surface area (Å²) in [5.74, 6) is 0.993. The van der Waals surface area contributed by atoms with Crippen LogP contribution in [0, 0.1) is 5.92 Å². The third-order valence-corrected chi connectivity index (χ3v) is 3.03. The van der Waals surface area contributed by atoms with Gasteiger partial charge in [-0.15, -0.1) is 0 Å². The second-order valence-corrected chi connectivity index (χ2v) is 4.87. The highest BCUT2D eigenvalue weighted by Crippen LogP contribution is 2.30. The van der Waals surface area contributed by atoms with E-state index in [1.165, 1.54) is 0 Å². The molecule has 3 heteroatoms. The molecule has 0 aliphatic carbocycles. The van der Waals surface area contributed by atoms with Crippen molar-refractivity contribution in [1.29, 1.82) is 0 Å². The lowest BCUT2D eigenvalue weighted by Gasteiger charge is -2.20. The minimum Gasteiger partial charge on any atom is -0.353 e. The zero-order chi connectivity index (χ0) is 11.5. The Kier molecular flexibility index (Phi) is 3.22. The molecule has 1 amide bonds. The quantitative estimate of drug-likeness (QED) is 0.844. The average molecular weight is 218 g/mol. The predicted octanol–water partition coefficient (Wildman–Crippen LogP) is 2.10. The van der Waals surface area contributed by atoms with E-state index in [1.807, 2.05) is 18.2 Å². The van der Waals surface area contributed by atoms with Crippen LogP contribution in [0.3, 0.4) is 0 Å². The van der Waals surface area contributed by atoms with Gasteiger partial charge in [0.05, 0.1) is 0 Å². The molecule has 1 aliphatic heterocycles.